The summed E-state index contributed by atoms with van der Waals surface area (Å²) >= 11 is 0. The monoisotopic (exact) mass is 301 g/mol. The minimum Gasteiger partial charge on any atom is -0.401 e. The lowest BCUT2D eigenvalue weighted by Gasteiger charge is -2.01. The lowest BCUT2D eigenvalue weighted by Crippen LogP contribution is -2.17. The molecule has 0 aliphatic carbocycles. The molecular formula is C14H8FN3O4. The van der Waals surface area contributed by atoms with Gasteiger partial charge in [-0.3, -0.25) is 14.9 Å². The van der Waals surface area contributed by atoms with E-state index in [-0.39, 0.29) is 21.8 Å². The van der Waals surface area contributed by atoms with Crippen LogP contribution in [0.1, 0.15) is 11.6 Å². The van der Waals surface area contributed by atoms with Crippen molar-refractivity contribution in [2.45, 2.75) is 0 Å². The highest BCUT2D eigenvalue weighted by atomic mass is 19.2. The molecule has 0 atom stereocenters. The molecule has 2 heterocycles. The van der Waals surface area contributed by atoms with Gasteiger partial charge >= 0.3 is 5.88 Å². The SMILES string of the molecule is O=c1c2ccccc2nc(C=Cc2ccc([N+](=O)[O-])o2)n1F. The zero-order chi connectivity index (χ0) is 15.7. The highest BCUT2D eigenvalue weighted by Gasteiger charge is 2.11. The standard InChI is InChI=1S/C14H8FN3O4/c15-17-12(7-5-9-6-8-13(22-9)18(20)21)16-11-4-2-1-3-10(11)14(17)19/h1-8H. The Hall–Kier alpha value is -3.29. The topological polar surface area (TPSA) is 91.2 Å². The number of hydrogen-bond acceptors (Lipinski definition) is 5. The average molecular weight is 301 g/mol. The third-order valence-electron chi connectivity index (χ3n) is 2.94. The number of nitrogens with zero attached hydrogens (tertiary/aromatic N) is 3. The Bertz CT molecular complexity index is 958. The molecule has 22 heavy (non-hydrogen) atoms. The normalized spacial score (nSPS) is 11.3. The number of halogens is 1. The summed E-state index contributed by atoms with van der Waals surface area (Å²) in [6.07, 6.45) is 2.50. The largest absolute Gasteiger partial charge is 0.433 e. The van der Waals surface area contributed by atoms with Crippen LogP contribution >= 0.6 is 0 Å². The maximum Gasteiger partial charge on any atom is 0.433 e. The molecule has 0 N–H and O–H groups in total. The van der Waals surface area contributed by atoms with Gasteiger partial charge in [0.2, 0.25) is 0 Å². The number of aromatic nitrogens is 2. The van der Waals surface area contributed by atoms with Crippen LogP contribution in [0.2, 0.25) is 0 Å². The molecule has 3 aromatic rings. The van der Waals surface area contributed by atoms with Crippen LogP contribution in [0.15, 0.2) is 45.6 Å². The molecule has 0 aliphatic heterocycles. The van der Waals surface area contributed by atoms with Crippen molar-refractivity contribution in [2.24, 2.45) is 0 Å². The summed E-state index contributed by atoms with van der Waals surface area (Å²) in [5, 5.41) is 10.7. The third kappa shape index (κ3) is 2.37. The molecule has 3 rings (SSSR count). The van der Waals surface area contributed by atoms with Gasteiger partial charge in [-0.05, 0) is 30.4 Å². The van der Waals surface area contributed by atoms with E-state index >= 15 is 0 Å². The molecular weight excluding hydrogens is 293 g/mol. The molecule has 0 unspecified atom stereocenters. The zero-order valence-electron chi connectivity index (χ0n) is 11.0. The number of para-hydroxylation sites is 1. The molecule has 0 spiro atoms. The summed E-state index contributed by atoms with van der Waals surface area (Å²) < 4.78 is 18.8. The second-order valence-corrected chi connectivity index (χ2v) is 4.34. The van der Waals surface area contributed by atoms with E-state index in [1.807, 2.05) is 0 Å². The van der Waals surface area contributed by atoms with Gasteiger partial charge in [0.15, 0.2) is 5.82 Å². The summed E-state index contributed by atoms with van der Waals surface area (Å²) in [7, 11) is 0. The average Bonchev–Trinajstić information content (AvgIpc) is 2.99. The minimum absolute atomic E-state index is 0.0871. The van der Waals surface area contributed by atoms with Gasteiger partial charge in [0.1, 0.15) is 10.7 Å². The van der Waals surface area contributed by atoms with E-state index in [1.54, 1.807) is 18.2 Å². The highest BCUT2D eigenvalue weighted by Crippen LogP contribution is 2.18. The zero-order valence-corrected chi connectivity index (χ0v) is 11.0. The molecule has 0 amide bonds. The Kier molecular flexibility index (Phi) is 3.26. The van der Waals surface area contributed by atoms with E-state index in [2.05, 4.69) is 4.98 Å². The Labute approximate surface area is 122 Å². The summed E-state index contributed by atoms with van der Waals surface area (Å²) in [4.78, 5) is 25.6. The maximum absolute atomic E-state index is 13.9. The van der Waals surface area contributed by atoms with Gasteiger partial charge in [-0.2, -0.15) is 0 Å². The molecule has 0 radical (unpaired) electrons. The molecule has 0 aliphatic rings. The van der Waals surface area contributed by atoms with Crippen LogP contribution in [-0.2, 0) is 0 Å². The first kappa shape index (κ1) is 13.7. The van der Waals surface area contributed by atoms with Crippen LogP contribution in [0.3, 0.4) is 0 Å². The van der Waals surface area contributed by atoms with Crippen LogP contribution < -0.4 is 5.56 Å². The van der Waals surface area contributed by atoms with E-state index < -0.39 is 16.4 Å². The van der Waals surface area contributed by atoms with Crippen molar-refractivity contribution in [3.8, 4) is 0 Å². The first-order valence-electron chi connectivity index (χ1n) is 6.16. The first-order valence-corrected chi connectivity index (χ1v) is 6.16. The Balaban J connectivity index is 2.03. The molecule has 0 fully saturated rings. The number of furan rings is 1. The smallest absolute Gasteiger partial charge is 0.401 e. The summed E-state index contributed by atoms with van der Waals surface area (Å²) in [6.45, 7) is 0. The maximum atomic E-state index is 13.9. The van der Waals surface area contributed by atoms with Crippen molar-refractivity contribution >= 4 is 28.9 Å². The number of benzene rings is 1. The first-order chi connectivity index (χ1) is 10.6. The molecule has 0 saturated heterocycles. The number of fused-ring (bicyclic) bond motifs is 1. The summed E-state index contributed by atoms with van der Waals surface area (Å²) in [6, 6.07) is 8.89. The van der Waals surface area contributed by atoms with Gasteiger partial charge in [-0.15, -0.1) is 4.79 Å². The molecule has 0 bridgehead atoms. The molecule has 1 aromatic carbocycles. The van der Waals surface area contributed by atoms with Crippen molar-refractivity contribution in [2.75, 3.05) is 0 Å². The van der Waals surface area contributed by atoms with Crippen molar-refractivity contribution in [1.29, 1.82) is 0 Å². The van der Waals surface area contributed by atoms with Crippen LogP contribution in [0.5, 0.6) is 0 Å². The van der Waals surface area contributed by atoms with Crippen LogP contribution in [-0.4, -0.2) is 14.7 Å². The van der Waals surface area contributed by atoms with Gasteiger partial charge in [0.25, 0.3) is 5.56 Å². The van der Waals surface area contributed by atoms with Crippen molar-refractivity contribution in [1.82, 2.24) is 9.77 Å². The van der Waals surface area contributed by atoms with Gasteiger partial charge in [-0.1, -0.05) is 16.6 Å². The fourth-order valence-electron chi connectivity index (χ4n) is 1.92. The number of nitro groups is 1. The quantitative estimate of drug-likeness (QED) is 0.548. The predicted octanol–water partition coefficient (Wildman–Crippen LogP) is 2.80. The third-order valence-corrected chi connectivity index (χ3v) is 2.94. The number of hydrogen-bond donors (Lipinski definition) is 0. The fraction of sp³-hybridized carbons (Fsp3) is 0. The van der Waals surface area contributed by atoms with Gasteiger partial charge in [-0.25, -0.2) is 4.98 Å². The summed E-state index contributed by atoms with van der Waals surface area (Å²) in [5.74, 6) is -0.513. The molecule has 0 saturated carbocycles. The Morgan fingerprint density at radius 3 is 2.73 bits per heavy atom. The van der Waals surface area contributed by atoms with Crippen molar-refractivity contribution < 1.29 is 13.8 Å². The van der Waals surface area contributed by atoms with Gasteiger partial charge in [0, 0.05) is 0 Å². The van der Waals surface area contributed by atoms with Gasteiger partial charge < -0.3 is 4.42 Å². The van der Waals surface area contributed by atoms with E-state index in [4.69, 9.17) is 4.42 Å². The van der Waals surface area contributed by atoms with Gasteiger partial charge in [0.05, 0.1) is 17.0 Å². The predicted molar refractivity (Wildman–Crippen MR) is 76.8 cm³/mol. The van der Waals surface area contributed by atoms with Crippen molar-refractivity contribution in [3.63, 3.8) is 0 Å². The lowest BCUT2D eigenvalue weighted by molar-refractivity contribution is -0.402. The molecule has 2 aromatic heterocycles. The fourth-order valence-corrected chi connectivity index (χ4v) is 1.92. The Morgan fingerprint density at radius 2 is 2.00 bits per heavy atom. The molecule has 7 nitrogen and oxygen atoms in total. The lowest BCUT2D eigenvalue weighted by atomic mass is 10.2. The highest BCUT2D eigenvalue weighted by molar-refractivity contribution is 5.79. The van der Waals surface area contributed by atoms with E-state index in [0.29, 0.717) is 5.52 Å². The number of rotatable bonds is 3. The minimum atomic E-state index is -0.823. The van der Waals surface area contributed by atoms with Crippen LogP contribution in [0.4, 0.5) is 10.4 Å². The second-order valence-electron chi connectivity index (χ2n) is 4.34. The van der Waals surface area contributed by atoms with E-state index in [1.165, 1.54) is 30.4 Å². The molecule has 110 valence electrons. The van der Waals surface area contributed by atoms with Crippen LogP contribution in [0, 0.1) is 10.1 Å². The van der Waals surface area contributed by atoms with Crippen LogP contribution in [0.25, 0.3) is 23.1 Å². The van der Waals surface area contributed by atoms with Crippen molar-refractivity contribution in [3.05, 3.63) is 68.5 Å². The molecule has 8 heteroatoms. The second kappa shape index (κ2) is 5.24. The summed E-state index contributed by atoms with van der Waals surface area (Å²) in [5.41, 5.74) is -0.470. The van der Waals surface area contributed by atoms with E-state index in [0.717, 1.165) is 0 Å². The Morgan fingerprint density at radius 1 is 1.23 bits per heavy atom. The van der Waals surface area contributed by atoms with E-state index in [9.17, 15) is 19.4 Å².